The summed E-state index contributed by atoms with van der Waals surface area (Å²) in [6, 6.07) is 10.1. The minimum Gasteiger partial charge on any atom is -0.478 e. The van der Waals surface area contributed by atoms with Gasteiger partial charge in [0.25, 0.3) is 0 Å². The summed E-state index contributed by atoms with van der Waals surface area (Å²) in [7, 11) is -3.65. The summed E-state index contributed by atoms with van der Waals surface area (Å²) in [4.78, 5) is 4.63. The van der Waals surface area contributed by atoms with Crippen LogP contribution in [0.1, 0.15) is 11.1 Å². The van der Waals surface area contributed by atoms with Crippen LogP contribution in [-0.2, 0) is 22.9 Å². The van der Waals surface area contributed by atoms with Gasteiger partial charge in [-0.15, -0.1) is 13.2 Å². The molecule has 0 spiro atoms. The number of ether oxygens (including phenoxy) is 2. The summed E-state index contributed by atoms with van der Waals surface area (Å²) in [5, 5.41) is 0. The van der Waals surface area contributed by atoms with E-state index < -0.39 is 9.84 Å². The van der Waals surface area contributed by atoms with Crippen LogP contribution in [0, 0.1) is 0 Å². The standard InChI is InChI=1S/C22H24N2O4S/c1-3-9-23-13-17-11-19(5-7-21(17)27-15-23)29(25,26)20-6-8-22-18(12-20)14-24(10-4-2)16-28-22/h3-8,11-12H,1-2,9-10,13-16H2. The lowest BCUT2D eigenvalue weighted by Gasteiger charge is -2.28. The molecule has 0 fully saturated rings. The Morgan fingerprint density at radius 1 is 0.828 bits per heavy atom. The van der Waals surface area contributed by atoms with Gasteiger partial charge in [-0.3, -0.25) is 9.80 Å². The van der Waals surface area contributed by atoms with Gasteiger partial charge in [0.2, 0.25) is 9.84 Å². The molecule has 29 heavy (non-hydrogen) atoms. The Morgan fingerprint density at radius 2 is 1.28 bits per heavy atom. The maximum absolute atomic E-state index is 13.3. The summed E-state index contributed by atoms with van der Waals surface area (Å²) in [5.41, 5.74) is 1.72. The van der Waals surface area contributed by atoms with E-state index in [1.165, 1.54) is 0 Å². The lowest BCUT2D eigenvalue weighted by molar-refractivity contribution is 0.107. The van der Waals surface area contributed by atoms with Gasteiger partial charge in [0, 0.05) is 37.3 Å². The number of benzene rings is 2. The van der Waals surface area contributed by atoms with Crippen molar-refractivity contribution >= 4 is 9.84 Å². The fourth-order valence-corrected chi connectivity index (χ4v) is 4.97. The Kier molecular flexibility index (Phi) is 5.45. The van der Waals surface area contributed by atoms with E-state index in [1.54, 1.807) is 48.6 Å². The highest BCUT2D eigenvalue weighted by molar-refractivity contribution is 7.91. The highest BCUT2D eigenvalue weighted by Gasteiger charge is 2.25. The molecule has 2 aliphatic heterocycles. The zero-order valence-electron chi connectivity index (χ0n) is 16.2. The normalized spacial score (nSPS) is 16.8. The molecule has 152 valence electrons. The van der Waals surface area contributed by atoms with E-state index in [0.29, 0.717) is 39.6 Å². The lowest BCUT2D eigenvalue weighted by Crippen LogP contribution is -2.32. The molecule has 0 aliphatic carbocycles. The molecule has 2 aromatic carbocycles. The van der Waals surface area contributed by atoms with Crippen LogP contribution in [0.5, 0.6) is 11.5 Å². The van der Waals surface area contributed by atoms with Gasteiger partial charge in [-0.05, 0) is 36.4 Å². The van der Waals surface area contributed by atoms with E-state index in [4.69, 9.17) is 9.47 Å². The van der Waals surface area contributed by atoms with Crippen LogP contribution in [0.4, 0.5) is 0 Å². The van der Waals surface area contributed by atoms with Crippen molar-refractivity contribution in [3.8, 4) is 11.5 Å². The molecule has 7 heteroatoms. The first-order valence-corrected chi connectivity index (χ1v) is 10.9. The monoisotopic (exact) mass is 412 g/mol. The Bertz CT molecular complexity index is 971. The quantitative estimate of drug-likeness (QED) is 0.679. The van der Waals surface area contributed by atoms with Crippen molar-refractivity contribution in [2.45, 2.75) is 22.9 Å². The van der Waals surface area contributed by atoms with Crippen LogP contribution in [0.15, 0.2) is 71.5 Å². The number of sulfone groups is 1. The van der Waals surface area contributed by atoms with Crippen LogP contribution in [0.2, 0.25) is 0 Å². The Morgan fingerprint density at radius 3 is 1.69 bits per heavy atom. The second kappa shape index (κ2) is 8.02. The third-order valence-corrected chi connectivity index (χ3v) is 6.80. The predicted octanol–water partition coefficient (Wildman–Crippen LogP) is 3.20. The second-order valence-electron chi connectivity index (χ2n) is 7.19. The third-order valence-electron chi connectivity index (χ3n) is 5.05. The van der Waals surface area contributed by atoms with Crippen molar-refractivity contribution in [3.05, 3.63) is 72.8 Å². The van der Waals surface area contributed by atoms with Crippen molar-refractivity contribution in [3.63, 3.8) is 0 Å². The fourth-order valence-electron chi connectivity index (χ4n) is 3.61. The molecule has 2 aliphatic rings. The summed E-state index contributed by atoms with van der Waals surface area (Å²) >= 11 is 0. The maximum atomic E-state index is 13.3. The topological polar surface area (TPSA) is 59.1 Å². The average Bonchev–Trinajstić information content (AvgIpc) is 2.73. The number of hydrogen-bond acceptors (Lipinski definition) is 6. The van der Waals surface area contributed by atoms with Crippen molar-refractivity contribution in [2.24, 2.45) is 0 Å². The molecule has 4 rings (SSSR count). The fraction of sp³-hybridized carbons (Fsp3) is 0.273. The van der Waals surface area contributed by atoms with Crippen LogP contribution in [-0.4, -0.2) is 44.8 Å². The Balaban J connectivity index is 1.64. The van der Waals surface area contributed by atoms with Gasteiger partial charge in [-0.25, -0.2) is 8.42 Å². The van der Waals surface area contributed by atoms with Crippen molar-refractivity contribution in [2.75, 3.05) is 26.6 Å². The highest BCUT2D eigenvalue weighted by Crippen LogP contribution is 2.33. The first-order valence-electron chi connectivity index (χ1n) is 9.44. The Labute approximate surface area is 171 Å². The van der Waals surface area contributed by atoms with E-state index in [1.807, 2.05) is 0 Å². The summed E-state index contributed by atoms with van der Waals surface area (Å²) in [6.45, 7) is 11.0. The smallest absolute Gasteiger partial charge is 0.206 e. The maximum Gasteiger partial charge on any atom is 0.206 e. The van der Waals surface area contributed by atoms with E-state index in [-0.39, 0.29) is 9.79 Å². The average molecular weight is 413 g/mol. The summed E-state index contributed by atoms with van der Waals surface area (Å²) in [5.74, 6) is 1.45. The predicted molar refractivity (Wildman–Crippen MR) is 111 cm³/mol. The second-order valence-corrected chi connectivity index (χ2v) is 9.14. The number of hydrogen-bond donors (Lipinski definition) is 0. The minimum atomic E-state index is -3.65. The number of rotatable bonds is 6. The summed E-state index contributed by atoms with van der Waals surface area (Å²) in [6.07, 6.45) is 3.61. The van der Waals surface area contributed by atoms with Gasteiger partial charge in [0.15, 0.2) is 0 Å². The molecule has 0 saturated carbocycles. The van der Waals surface area contributed by atoms with Gasteiger partial charge in [0.05, 0.1) is 9.79 Å². The molecule has 2 heterocycles. The largest absolute Gasteiger partial charge is 0.478 e. The minimum absolute atomic E-state index is 0.264. The van der Waals surface area contributed by atoms with E-state index in [0.717, 1.165) is 22.6 Å². The van der Waals surface area contributed by atoms with Crippen LogP contribution in [0.25, 0.3) is 0 Å². The van der Waals surface area contributed by atoms with Gasteiger partial charge in [0.1, 0.15) is 25.0 Å². The van der Waals surface area contributed by atoms with Crippen molar-refractivity contribution in [1.29, 1.82) is 0 Å². The van der Waals surface area contributed by atoms with Gasteiger partial charge >= 0.3 is 0 Å². The number of fused-ring (bicyclic) bond motifs is 2. The lowest BCUT2D eigenvalue weighted by atomic mass is 10.1. The first kappa shape index (κ1) is 19.7. The van der Waals surface area contributed by atoms with Gasteiger partial charge < -0.3 is 9.47 Å². The van der Waals surface area contributed by atoms with Crippen molar-refractivity contribution < 1.29 is 17.9 Å². The van der Waals surface area contributed by atoms with Crippen molar-refractivity contribution in [1.82, 2.24) is 9.80 Å². The van der Waals surface area contributed by atoms with Gasteiger partial charge in [-0.2, -0.15) is 0 Å². The van der Waals surface area contributed by atoms with E-state index in [9.17, 15) is 8.42 Å². The molecular formula is C22H24N2O4S. The molecule has 0 atom stereocenters. The molecule has 0 aromatic heterocycles. The molecule has 0 unspecified atom stereocenters. The number of nitrogens with zero attached hydrogens (tertiary/aromatic N) is 2. The van der Waals surface area contributed by atoms with E-state index >= 15 is 0 Å². The van der Waals surface area contributed by atoms with Crippen LogP contribution in [0.3, 0.4) is 0 Å². The zero-order valence-corrected chi connectivity index (χ0v) is 17.0. The third kappa shape index (κ3) is 3.94. The van der Waals surface area contributed by atoms with E-state index in [2.05, 4.69) is 23.0 Å². The molecule has 6 nitrogen and oxygen atoms in total. The molecular weight excluding hydrogens is 388 g/mol. The van der Waals surface area contributed by atoms with Crippen LogP contribution >= 0.6 is 0 Å². The Hall–Kier alpha value is -2.61. The van der Waals surface area contributed by atoms with Crippen LogP contribution < -0.4 is 9.47 Å². The zero-order chi connectivity index (χ0) is 20.4. The highest BCUT2D eigenvalue weighted by atomic mass is 32.2. The molecule has 0 amide bonds. The summed E-state index contributed by atoms with van der Waals surface area (Å²) < 4.78 is 38.0. The van der Waals surface area contributed by atoms with Gasteiger partial charge in [-0.1, -0.05) is 12.2 Å². The molecule has 0 radical (unpaired) electrons. The SMILES string of the molecule is C=CCN1COc2ccc(S(=O)(=O)c3ccc4c(c3)CN(CC=C)CO4)cc2C1. The molecule has 2 aromatic rings. The molecule has 0 N–H and O–H groups in total. The molecule has 0 bridgehead atoms. The molecule has 0 saturated heterocycles. The first-order chi connectivity index (χ1) is 14.0.